The van der Waals surface area contributed by atoms with Crippen LogP contribution in [0, 0.1) is 0 Å². The SMILES string of the molecule is CCc1c(CNC)oc2cc(OC)cc(OC)c12. The van der Waals surface area contributed by atoms with Crippen LogP contribution in [0.4, 0.5) is 0 Å². The highest BCUT2D eigenvalue weighted by molar-refractivity contribution is 5.90. The van der Waals surface area contributed by atoms with E-state index >= 15 is 0 Å². The molecule has 0 aliphatic carbocycles. The van der Waals surface area contributed by atoms with Gasteiger partial charge in [0.15, 0.2) is 0 Å². The smallest absolute Gasteiger partial charge is 0.142 e. The Morgan fingerprint density at radius 2 is 2.00 bits per heavy atom. The predicted octanol–water partition coefficient (Wildman–Crippen LogP) is 2.73. The van der Waals surface area contributed by atoms with Crippen molar-refractivity contribution in [3.63, 3.8) is 0 Å². The van der Waals surface area contributed by atoms with Crippen LogP contribution in [0.25, 0.3) is 11.0 Å². The lowest BCUT2D eigenvalue weighted by Gasteiger charge is -2.06. The van der Waals surface area contributed by atoms with E-state index in [-0.39, 0.29) is 0 Å². The number of methoxy groups -OCH3 is 2. The molecule has 1 aromatic carbocycles. The summed E-state index contributed by atoms with van der Waals surface area (Å²) in [6.45, 7) is 2.83. The summed E-state index contributed by atoms with van der Waals surface area (Å²) in [6, 6.07) is 3.79. The molecule has 18 heavy (non-hydrogen) atoms. The van der Waals surface area contributed by atoms with Crippen LogP contribution in [0.5, 0.6) is 11.5 Å². The quantitative estimate of drug-likeness (QED) is 0.884. The summed E-state index contributed by atoms with van der Waals surface area (Å²) in [7, 11) is 5.21. The second-order valence-electron chi connectivity index (χ2n) is 4.09. The molecule has 0 aliphatic heterocycles. The molecule has 0 atom stereocenters. The Morgan fingerprint density at radius 1 is 1.22 bits per heavy atom. The summed E-state index contributed by atoms with van der Waals surface area (Å²) in [5.74, 6) is 2.50. The number of benzene rings is 1. The van der Waals surface area contributed by atoms with Crippen molar-refractivity contribution in [2.45, 2.75) is 19.9 Å². The van der Waals surface area contributed by atoms with Crippen molar-refractivity contribution in [3.8, 4) is 11.5 Å². The molecule has 0 saturated heterocycles. The molecule has 2 aromatic rings. The first-order chi connectivity index (χ1) is 8.74. The van der Waals surface area contributed by atoms with E-state index < -0.39 is 0 Å². The summed E-state index contributed by atoms with van der Waals surface area (Å²) >= 11 is 0. The molecule has 0 unspecified atom stereocenters. The van der Waals surface area contributed by atoms with E-state index in [1.54, 1.807) is 14.2 Å². The number of hydrogen-bond acceptors (Lipinski definition) is 4. The van der Waals surface area contributed by atoms with Crippen molar-refractivity contribution in [3.05, 3.63) is 23.5 Å². The maximum Gasteiger partial charge on any atom is 0.142 e. The van der Waals surface area contributed by atoms with Gasteiger partial charge < -0.3 is 19.2 Å². The molecular formula is C14H19NO3. The molecule has 1 N–H and O–H groups in total. The monoisotopic (exact) mass is 249 g/mol. The molecule has 1 heterocycles. The average molecular weight is 249 g/mol. The normalized spacial score (nSPS) is 10.9. The van der Waals surface area contributed by atoms with Gasteiger partial charge in [0.25, 0.3) is 0 Å². The van der Waals surface area contributed by atoms with Crippen LogP contribution in [-0.2, 0) is 13.0 Å². The van der Waals surface area contributed by atoms with Crippen molar-refractivity contribution in [1.82, 2.24) is 5.32 Å². The molecule has 0 saturated carbocycles. The Balaban J connectivity index is 2.70. The zero-order chi connectivity index (χ0) is 13.1. The summed E-state index contributed by atoms with van der Waals surface area (Å²) < 4.78 is 16.6. The minimum atomic E-state index is 0.712. The predicted molar refractivity (Wildman–Crippen MR) is 71.5 cm³/mol. The molecule has 0 bridgehead atoms. The van der Waals surface area contributed by atoms with Gasteiger partial charge in [-0.2, -0.15) is 0 Å². The molecule has 0 amide bonds. The van der Waals surface area contributed by atoms with E-state index in [4.69, 9.17) is 13.9 Å². The molecular weight excluding hydrogens is 230 g/mol. The van der Waals surface area contributed by atoms with Crippen LogP contribution < -0.4 is 14.8 Å². The van der Waals surface area contributed by atoms with Gasteiger partial charge in [-0.15, -0.1) is 0 Å². The van der Waals surface area contributed by atoms with Crippen LogP contribution >= 0.6 is 0 Å². The number of ether oxygens (including phenoxy) is 2. The van der Waals surface area contributed by atoms with Gasteiger partial charge in [-0.1, -0.05) is 6.92 Å². The van der Waals surface area contributed by atoms with Gasteiger partial charge in [0, 0.05) is 17.7 Å². The van der Waals surface area contributed by atoms with Crippen molar-refractivity contribution in [2.24, 2.45) is 0 Å². The summed E-state index contributed by atoms with van der Waals surface area (Å²) in [4.78, 5) is 0. The molecule has 98 valence electrons. The first kappa shape index (κ1) is 12.8. The first-order valence-corrected chi connectivity index (χ1v) is 6.06. The van der Waals surface area contributed by atoms with Gasteiger partial charge in [-0.3, -0.25) is 0 Å². The molecule has 2 rings (SSSR count). The number of aryl methyl sites for hydroxylation is 1. The largest absolute Gasteiger partial charge is 0.496 e. The van der Waals surface area contributed by atoms with Crippen molar-refractivity contribution in [2.75, 3.05) is 21.3 Å². The van der Waals surface area contributed by atoms with Crippen LogP contribution in [0.2, 0.25) is 0 Å². The summed E-state index contributed by atoms with van der Waals surface area (Å²) in [6.07, 6.45) is 0.909. The van der Waals surface area contributed by atoms with E-state index in [0.29, 0.717) is 6.54 Å². The maximum absolute atomic E-state index is 5.89. The second kappa shape index (κ2) is 5.31. The van der Waals surface area contributed by atoms with Gasteiger partial charge in [0.1, 0.15) is 22.8 Å². The van der Waals surface area contributed by atoms with E-state index in [0.717, 1.165) is 34.6 Å². The topological polar surface area (TPSA) is 43.6 Å². The van der Waals surface area contributed by atoms with E-state index in [2.05, 4.69) is 12.2 Å². The van der Waals surface area contributed by atoms with Gasteiger partial charge in [0.05, 0.1) is 26.2 Å². The zero-order valence-corrected chi connectivity index (χ0v) is 11.3. The maximum atomic E-state index is 5.89. The molecule has 1 aromatic heterocycles. The standard InChI is InChI=1S/C14H19NO3/c1-5-10-13(8-15-2)18-12-7-9(16-3)6-11(17-4)14(10)12/h6-7,15H,5,8H2,1-4H3. The molecule has 4 heteroatoms. The second-order valence-corrected chi connectivity index (χ2v) is 4.09. The Labute approximate surface area is 107 Å². The number of rotatable bonds is 5. The average Bonchev–Trinajstić information content (AvgIpc) is 2.75. The van der Waals surface area contributed by atoms with Gasteiger partial charge in [-0.25, -0.2) is 0 Å². The summed E-state index contributed by atoms with van der Waals surface area (Å²) in [5.41, 5.74) is 2.01. The third-order valence-electron chi connectivity index (χ3n) is 3.06. The van der Waals surface area contributed by atoms with E-state index in [1.165, 1.54) is 5.56 Å². The van der Waals surface area contributed by atoms with Crippen LogP contribution in [0.15, 0.2) is 16.5 Å². The fraction of sp³-hybridized carbons (Fsp3) is 0.429. The fourth-order valence-electron chi connectivity index (χ4n) is 2.23. The highest BCUT2D eigenvalue weighted by Gasteiger charge is 2.17. The van der Waals surface area contributed by atoms with E-state index in [1.807, 2.05) is 19.2 Å². The summed E-state index contributed by atoms with van der Waals surface area (Å²) in [5, 5.41) is 4.17. The number of nitrogens with one attached hydrogen (secondary N) is 1. The minimum Gasteiger partial charge on any atom is -0.496 e. The zero-order valence-electron chi connectivity index (χ0n) is 11.3. The molecule has 4 nitrogen and oxygen atoms in total. The minimum absolute atomic E-state index is 0.712. The van der Waals surface area contributed by atoms with Crippen molar-refractivity contribution >= 4 is 11.0 Å². The number of fused-ring (bicyclic) bond motifs is 1. The fourth-order valence-corrected chi connectivity index (χ4v) is 2.23. The molecule has 0 aliphatic rings. The third-order valence-corrected chi connectivity index (χ3v) is 3.06. The molecule has 0 spiro atoms. The number of hydrogen-bond donors (Lipinski definition) is 1. The Bertz CT molecular complexity index is 545. The Morgan fingerprint density at radius 3 is 2.56 bits per heavy atom. The lowest BCUT2D eigenvalue weighted by Crippen LogP contribution is -2.05. The van der Waals surface area contributed by atoms with Crippen LogP contribution in [0.1, 0.15) is 18.2 Å². The molecule has 0 radical (unpaired) electrons. The lowest BCUT2D eigenvalue weighted by molar-refractivity contribution is 0.397. The van der Waals surface area contributed by atoms with Gasteiger partial charge in [-0.05, 0) is 13.5 Å². The van der Waals surface area contributed by atoms with Gasteiger partial charge in [0.2, 0.25) is 0 Å². The van der Waals surface area contributed by atoms with Crippen LogP contribution in [0.3, 0.4) is 0 Å². The molecule has 0 fully saturated rings. The Hall–Kier alpha value is -1.68. The van der Waals surface area contributed by atoms with Gasteiger partial charge >= 0.3 is 0 Å². The Kier molecular flexibility index (Phi) is 3.77. The van der Waals surface area contributed by atoms with Crippen molar-refractivity contribution < 1.29 is 13.9 Å². The highest BCUT2D eigenvalue weighted by Crippen LogP contribution is 2.37. The van der Waals surface area contributed by atoms with E-state index in [9.17, 15) is 0 Å². The lowest BCUT2D eigenvalue weighted by atomic mass is 10.1. The third kappa shape index (κ3) is 2.04. The van der Waals surface area contributed by atoms with Crippen molar-refractivity contribution in [1.29, 1.82) is 0 Å². The van der Waals surface area contributed by atoms with Crippen LogP contribution in [-0.4, -0.2) is 21.3 Å². The number of furan rings is 1. The first-order valence-electron chi connectivity index (χ1n) is 6.06. The highest BCUT2D eigenvalue weighted by atomic mass is 16.5.